The maximum Gasteiger partial charge on any atom is 0.254 e. The molecule has 8 heteroatoms. The molecule has 0 spiro atoms. The first-order chi connectivity index (χ1) is 22.6. The molecule has 0 N–H and O–H groups in total. The van der Waals surface area contributed by atoms with Gasteiger partial charge in [-0.1, -0.05) is 55.5 Å². The fraction of sp³-hybridized carbons (Fsp3) is 0.487. The average Bonchev–Trinajstić information content (AvgIpc) is 3.38. The van der Waals surface area contributed by atoms with Crippen LogP contribution in [0.4, 0.5) is 0 Å². The fourth-order valence-electron chi connectivity index (χ4n) is 8.40. The quantitative estimate of drug-likeness (QED) is 0.107. The molecule has 0 unspecified atom stereocenters. The van der Waals surface area contributed by atoms with Gasteiger partial charge in [-0.05, 0) is 115 Å². The van der Waals surface area contributed by atoms with E-state index in [9.17, 15) is 13.2 Å². The Morgan fingerprint density at radius 2 is 1.68 bits per heavy atom. The Bertz CT molecular complexity index is 1670. The lowest BCUT2D eigenvalue weighted by molar-refractivity contribution is -0.130. The van der Waals surface area contributed by atoms with Gasteiger partial charge in [-0.2, -0.15) is 4.40 Å². The van der Waals surface area contributed by atoms with Crippen molar-refractivity contribution in [2.75, 3.05) is 26.5 Å². The lowest BCUT2D eigenvalue weighted by atomic mass is 9.51. The lowest BCUT2D eigenvalue weighted by Gasteiger charge is -2.52. The molecular weight excluding hydrogens is 609 g/mol. The molecule has 5 atom stereocenters. The van der Waals surface area contributed by atoms with Crippen LogP contribution in [0.25, 0.3) is 0 Å². The summed E-state index contributed by atoms with van der Waals surface area (Å²) >= 11 is 0. The van der Waals surface area contributed by atoms with Gasteiger partial charge in [0.15, 0.2) is 0 Å². The molecule has 6 rings (SSSR count). The number of Topliss-reactive ketones (excluding diaryl/α,β-unsaturated/α-hetero) is 1. The van der Waals surface area contributed by atoms with Crippen LogP contribution < -0.4 is 9.47 Å². The Hall–Kier alpha value is -3.65. The summed E-state index contributed by atoms with van der Waals surface area (Å²) in [6, 6.07) is 25.5. The number of unbranched alkanes of at least 4 members (excludes halogenated alkanes) is 2. The van der Waals surface area contributed by atoms with E-state index in [1.165, 1.54) is 23.0 Å². The van der Waals surface area contributed by atoms with Crippen molar-refractivity contribution in [2.45, 2.75) is 76.7 Å². The summed E-state index contributed by atoms with van der Waals surface area (Å²) in [6.07, 6.45) is 8.14. The molecule has 0 aliphatic heterocycles. The molecule has 0 heterocycles. The lowest BCUT2D eigenvalue weighted by Crippen LogP contribution is -2.46. The van der Waals surface area contributed by atoms with Crippen LogP contribution in [0, 0.1) is 17.3 Å². The van der Waals surface area contributed by atoms with Crippen molar-refractivity contribution in [1.29, 1.82) is 0 Å². The highest BCUT2D eigenvalue weighted by Gasteiger charge is 2.57. The van der Waals surface area contributed by atoms with Crippen LogP contribution in [0.15, 0.2) is 77.2 Å². The zero-order chi connectivity index (χ0) is 33.0. The molecule has 0 bridgehead atoms. The molecule has 3 aliphatic rings. The van der Waals surface area contributed by atoms with Crippen LogP contribution >= 0.6 is 0 Å². The van der Waals surface area contributed by atoms with Crippen molar-refractivity contribution >= 4 is 22.1 Å². The van der Waals surface area contributed by atoms with Gasteiger partial charge in [0.2, 0.25) is 0 Å². The largest absolute Gasteiger partial charge is 0.494 e. The smallest absolute Gasteiger partial charge is 0.254 e. The summed E-state index contributed by atoms with van der Waals surface area (Å²) in [5.41, 5.74) is 4.98. The minimum Gasteiger partial charge on any atom is -0.494 e. The zero-order valence-corrected chi connectivity index (χ0v) is 28.8. The highest BCUT2D eigenvalue weighted by atomic mass is 32.2. The predicted molar refractivity (Wildman–Crippen MR) is 187 cm³/mol. The van der Waals surface area contributed by atoms with Gasteiger partial charge in [-0.3, -0.25) is 4.79 Å². The standard InChI is InChI=1S/C39H48N2O5S/c1-39-25-35(29-12-15-31(16-13-29)45-22-8-5-9-23-47(43,44)40-27-41(2)3)38-33-19-17-32(46-26-28-10-6-4-7-11-28)24-30(33)14-18-34(38)36(39)20-21-37(39)42/h4,6-7,10-13,15-17,19,24,27,34-36,38H,5,8-9,14,18,20-23,25-26H2,1-3H3/b40-27+/t34-,35+,36-,38+,39-/m0/s1. The second-order valence-corrected chi connectivity index (χ2v) is 15.9. The molecule has 3 aliphatic carbocycles. The first kappa shape index (κ1) is 33.3. The molecule has 0 saturated heterocycles. The maximum absolute atomic E-state index is 13.3. The van der Waals surface area contributed by atoms with E-state index in [0.717, 1.165) is 55.6 Å². The number of ether oxygens (including phenoxy) is 2. The molecule has 47 heavy (non-hydrogen) atoms. The van der Waals surface area contributed by atoms with Gasteiger partial charge in [0.1, 0.15) is 30.2 Å². The maximum atomic E-state index is 13.3. The molecule has 0 aromatic heterocycles. The highest BCUT2D eigenvalue weighted by Crippen LogP contribution is 2.64. The molecule has 250 valence electrons. The van der Waals surface area contributed by atoms with Crippen molar-refractivity contribution in [2.24, 2.45) is 21.6 Å². The van der Waals surface area contributed by atoms with Crippen LogP contribution in [0.5, 0.6) is 11.5 Å². The van der Waals surface area contributed by atoms with E-state index in [0.29, 0.717) is 49.6 Å². The monoisotopic (exact) mass is 656 g/mol. The molecular formula is C39H48N2O5S. The highest BCUT2D eigenvalue weighted by molar-refractivity contribution is 7.90. The van der Waals surface area contributed by atoms with Gasteiger partial charge in [0, 0.05) is 25.9 Å². The van der Waals surface area contributed by atoms with Gasteiger partial charge in [-0.15, -0.1) is 0 Å². The number of hydrogen-bond acceptors (Lipinski definition) is 5. The Labute approximate surface area is 280 Å². The number of hydrogen-bond donors (Lipinski definition) is 0. The van der Waals surface area contributed by atoms with Crippen molar-refractivity contribution in [3.05, 3.63) is 95.1 Å². The predicted octanol–water partition coefficient (Wildman–Crippen LogP) is 7.55. The number of aryl methyl sites for hydroxylation is 1. The van der Waals surface area contributed by atoms with E-state index in [4.69, 9.17) is 9.47 Å². The first-order valence-electron chi connectivity index (χ1n) is 17.1. The van der Waals surface area contributed by atoms with E-state index in [2.05, 4.69) is 65.9 Å². The van der Waals surface area contributed by atoms with Crippen molar-refractivity contribution in [3.63, 3.8) is 0 Å². The Morgan fingerprint density at radius 1 is 0.915 bits per heavy atom. The average molecular weight is 657 g/mol. The van der Waals surface area contributed by atoms with Gasteiger partial charge < -0.3 is 14.4 Å². The SMILES string of the molecule is CN(C)/C=N/S(=O)(=O)CCCCCOc1ccc([C@H]2C[C@]3(C)C(=O)CC[C@H]3[C@@H]3CCc4cc(OCc5ccccc5)ccc4[C@H]32)cc1. The molecule has 0 amide bonds. The second kappa shape index (κ2) is 14.2. The Balaban J connectivity index is 1.13. The topological polar surface area (TPSA) is 85.3 Å². The molecule has 3 aromatic carbocycles. The molecule has 7 nitrogen and oxygen atoms in total. The van der Waals surface area contributed by atoms with Gasteiger partial charge in [-0.25, -0.2) is 8.42 Å². The third kappa shape index (κ3) is 7.58. The minimum atomic E-state index is -3.43. The van der Waals surface area contributed by atoms with Crippen molar-refractivity contribution < 1.29 is 22.7 Å². The number of benzene rings is 3. The van der Waals surface area contributed by atoms with Crippen LogP contribution in [0.2, 0.25) is 0 Å². The normalized spacial score (nSPS) is 25.2. The number of rotatable bonds is 13. The molecule has 3 aromatic rings. The van der Waals surface area contributed by atoms with E-state index < -0.39 is 10.0 Å². The second-order valence-electron chi connectivity index (χ2n) is 14.1. The summed E-state index contributed by atoms with van der Waals surface area (Å²) in [4.78, 5) is 15.0. The van der Waals surface area contributed by atoms with Crippen molar-refractivity contribution in [1.82, 2.24) is 4.90 Å². The summed E-state index contributed by atoms with van der Waals surface area (Å²) in [7, 11) is 0.0621. The number of carbonyl (C=O) groups is 1. The number of carbonyl (C=O) groups excluding carboxylic acids is 1. The zero-order valence-electron chi connectivity index (χ0n) is 27.9. The summed E-state index contributed by atoms with van der Waals surface area (Å²) < 4.78 is 40.0. The van der Waals surface area contributed by atoms with Crippen LogP contribution in [-0.4, -0.2) is 51.9 Å². The third-order valence-corrected chi connectivity index (χ3v) is 11.9. The van der Waals surface area contributed by atoms with Crippen LogP contribution in [-0.2, 0) is 27.8 Å². The number of fused-ring (bicyclic) bond motifs is 5. The molecule has 2 saturated carbocycles. The van der Waals surface area contributed by atoms with Gasteiger partial charge in [0.05, 0.1) is 12.4 Å². The van der Waals surface area contributed by atoms with Gasteiger partial charge >= 0.3 is 0 Å². The summed E-state index contributed by atoms with van der Waals surface area (Å²) in [5, 5.41) is 0. The number of ketones is 1. The number of sulfonamides is 1. The van der Waals surface area contributed by atoms with Crippen molar-refractivity contribution in [3.8, 4) is 11.5 Å². The Morgan fingerprint density at radius 3 is 2.45 bits per heavy atom. The van der Waals surface area contributed by atoms with E-state index in [1.54, 1.807) is 19.0 Å². The van der Waals surface area contributed by atoms with Crippen LogP contribution in [0.1, 0.15) is 86.0 Å². The summed E-state index contributed by atoms with van der Waals surface area (Å²) in [5.74, 6) is 3.77. The first-order valence-corrected chi connectivity index (χ1v) is 18.7. The molecule has 2 fully saturated rings. The molecule has 0 radical (unpaired) electrons. The van der Waals surface area contributed by atoms with E-state index in [1.807, 2.05) is 18.2 Å². The summed E-state index contributed by atoms with van der Waals surface area (Å²) in [6.45, 7) is 3.33. The fourth-order valence-corrected chi connectivity index (χ4v) is 9.40. The third-order valence-electron chi connectivity index (χ3n) is 10.7. The number of nitrogens with zero attached hydrogens (tertiary/aromatic N) is 2. The van der Waals surface area contributed by atoms with E-state index >= 15 is 0 Å². The Kier molecular flexibility index (Phi) is 10.1. The minimum absolute atomic E-state index is 0.0447. The van der Waals surface area contributed by atoms with Crippen LogP contribution in [0.3, 0.4) is 0 Å². The van der Waals surface area contributed by atoms with Gasteiger partial charge in [0.25, 0.3) is 10.0 Å². The van der Waals surface area contributed by atoms with E-state index in [-0.39, 0.29) is 17.1 Å².